The molecule has 6 heteroatoms. The fourth-order valence-corrected chi connectivity index (χ4v) is 2.52. The van der Waals surface area contributed by atoms with Crippen molar-refractivity contribution in [3.05, 3.63) is 72.2 Å². The number of carbonyl (C=O) groups excluding carboxylic acids is 2. The number of aryl methyl sites for hydroxylation is 1. The molecule has 0 unspecified atom stereocenters. The Kier molecular flexibility index (Phi) is 5.53. The van der Waals surface area contributed by atoms with Crippen LogP contribution < -0.4 is 5.32 Å². The van der Waals surface area contributed by atoms with Crippen LogP contribution in [0.5, 0.6) is 0 Å². The molecule has 0 atom stereocenters. The van der Waals surface area contributed by atoms with Gasteiger partial charge in [-0.15, -0.1) is 0 Å². The molecule has 0 radical (unpaired) electrons. The standard InChI is InChI=1S/C20H20N4O2/c1-2-15-4-6-16(7-5-15)18(25)9-11-20(26)23-17-8-10-19(21-14-17)24-13-3-12-22-24/h3-8,10,12-14H,2,9,11H2,1H3,(H,23,26). The molecule has 1 amide bonds. The van der Waals surface area contributed by atoms with Gasteiger partial charge in [-0.1, -0.05) is 31.2 Å². The van der Waals surface area contributed by atoms with E-state index in [4.69, 9.17) is 0 Å². The van der Waals surface area contributed by atoms with Crippen LogP contribution in [-0.4, -0.2) is 26.5 Å². The van der Waals surface area contributed by atoms with Crippen LogP contribution in [0.2, 0.25) is 0 Å². The van der Waals surface area contributed by atoms with Crippen molar-refractivity contribution < 1.29 is 9.59 Å². The maximum Gasteiger partial charge on any atom is 0.224 e. The van der Waals surface area contributed by atoms with Crippen LogP contribution in [0.3, 0.4) is 0 Å². The lowest BCUT2D eigenvalue weighted by Gasteiger charge is -2.06. The Bertz CT molecular complexity index is 869. The summed E-state index contributed by atoms with van der Waals surface area (Å²) in [7, 11) is 0. The Balaban J connectivity index is 1.51. The summed E-state index contributed by atoms with van der Waals surface area (Å²) >= 11 is 0. The molecule has 0 aliphatic heterocycles. The SMILES string of the molecule is CCc1ccc(C(=O)CCC(=O)Nc2ccc(-n3cccn3)nc2)cc1. The first-order valence-corrected chi connectivity index (χ1v) is 8.54. The van der Waals surface area contributed by atoms with E-state index in [9.17, 15) is 9.59 Å². The number of amides is 1. The van der Waals surface area contributed by atoms with Gasteiger partial charge in [-0.25, -0.2) is 9.67 Å². The quantitative estimate of drug-likeness (QED) is 0.664. The van der Waals surface area contributed by atoms with Crippen LogP contribution in [0.4, 0.5) is 5.69 Å². The van der Waals surface area contributed by atoms with E-state index in [0.717, 1.165) is 6.42 Å². The molecule has 0 fully saturated rings. The molecule has 0 bridgehead atoms. The predicted molar refractivity (Wildman–Crippen MR) is 99.4 cm³/mol. The van der Waals surface area contributed by atoms with E-state index >= 15 is 0 Å². The maximum atomic E-state index is 12.2. The number of aromatic nitrogens is 3. The molecular formula is C20H20N4O2. The van der Waals surface area contributed by atoms with Gasteiger partial charge in [0.15, 0.2) is 11.6 Å². The molecule has 1 N–H and O–H groups in total. The van der Waals surface area contributed by atoms with Crippen molar-refractivity contribution in [2.24, 2.45) is 0 Å². The molecule has 132 valence electrons. The van der Waals surface area contributed by atoms with Crippen LogP contribution in [0.15, 0.2) is 61.1 Å². The molecule has 0 spiro atoms. The molecule has 2 heterocycles. The van der Waals surface area contributed by atoms with Crippen molar-refractivity contribution in [1.82, 2.24) is 14.8 Å². The zero-order chi connectivity index (χ0) is 18.4. The van der Waals surface area contributed by atoms with Gasteiger partial charge in [-0.3, -0.25) is 9.59 Å². The lowest BCUT2D eigenvalue weighted by atomic mass is 10.0. The number of nitrogens with zero attached hydrogens (tertiary/aromatic N) is 3. The van der Waals surface area contributed by atoms with Gasteiger partial charge in [0.25, 0.3) is 0 Å². The molecular weight excluding hydrogens is 328 g/mol. The van der Waals surface area contributed by atoms with E-state index in [0.29, 0.717) is 17.1 Å². The summed E-state index contributed by atoms with van der Waals surface area (Å²) in [6, 6.07) is 12.9. The third kappa shape index (κ3) is 4.42. The molecule has 0 aliphatic rings. The van der Waals surface area contributed by atoms with Crippen molar-refractivity contribution in [1.29, 1.82) is 0 Å². The van der Waals surface area contributed by atoms with E-state index in [1.54, 1.807) is 35.4 Å². The molecule has 6 nitrogen and oxygen atoms in total. The molecule has 0 saturated carbocycles. The van der Waals surface area contributed by atoms with E-state index < -0.39 is 0 Å². The van der Waals surface area contributed by atoms with Gasteiger partial charge in [0, 0.05) is 30.8 Å². The van der Waals surface area contributed by atoms with Gasteiger partial charge < -0.3 is 5.32 Å². The fourth-order valence-electron chi connectivity index (χ4n) is 2.52. The number of benzene rings is 1. The highest BCUT2D eigenvalue weighted by atomic mass is 16.2. The summed E-state index contributed by atoms with van der Waals surface area (Å²) in [5.41, 5.74) is 2.41. The summed E-state index contributed by atoms with van der Waals surface area (Å²) in [6.45, 7) is 2.07. The van der Waals surface area contributed by atoms with Crippen LogP contribution in [0.1, 0.15) is 35.7 Å². The lowest BCUT2D eigenvalue weighted by molar-refractivity contribution is -0.116. The number of hydrogen-bond donors (Lipinski definition) is 1. The van der Waals surface area contributed by atoms with Crippen molar-refractivity contribution in [2.45, 2.75) is 26.2 Å². The first-order chi connectivity index (χ1) is 12.7. The van der Waals surface area contributed by atoms with Gasteiger partial charge in [0.1, 0.15) is 0 Å². The van der Waals surface area contributed by atoms with Crippen LogP contribution >= 0.6 is 0 Å². The molecule has 0 aliphatic carbocycles. The smallest absolute Gasteiger partial charge is 0.224 e. The second-order valence-electron chi connectivity index (χ2n) is 5.88. The highest BCUT2D eigenvalue weighted by Gasteiger charge is 2.10. The number of ketones is 1. The Morgan fingerprint density at radius 3 is 2.50 bits per heavy atom. The molecule has 26 heavy (non-hydrogen) atoms. The van der Waals surface area contributed by atoms with Gasteiger partial charge >= 0.3 is 0 Å². The molecule has 0 saturated heterocycles. The minimum Gasteiger partial charge on any atom is -0.325 e. The Morgan fingerprint density at radius 1 is 1.08 bits per heavy atom. The van der Waals surface area contributed by atoms with Gasteiger partial charge in [-0.2, -0.15) is 5.10 Å². The number of Topliss-reactive ketones (excluding diaryl/α,β-unsaturated/α-hetero) is 1. The highest BCUT2D eigenvalue weighted by molar-refractivity contribution is 6.00. The van der Waals surface area contributed by atoms with Crippen molar-refractivity contribution in [3.63, 3.8) is 0 Å². The Labute approximate surface area is 151 Å². The predicted octanol–water partition coefficient (Wildman–Crippen LogP) is 3.43. The number of rotatable bonds is 7. The summed E-state index contributed by atoms with van der Waals surface area (Å²) < 4.78 is 1.63. The average Bonchev–Trinajstić information content (AvgIpc) is 3.21. The second kappa shape index (κ2) is 8.20. The van der Waals surface area contributed by atoms with Gasteiger partial charge in [0.2, 0.25) is 5.91 Å². The fraction of sp³-hybridized carbons (Fsp3) is 0.200. The number of carbonyl (C=O) groups is 2. The zero-order valence-electron chi connectivity index (χ0n) is 14.6. The third-order valence-electron chi connectivity index (χ3n) is 4.03. The van der Waals surface area contributed by atoms with Gasteiger partial charge in [0.05, 0.1) is 11.9 Å². The van der Waals surface area contributed by atoms with Crippen LogP contribution in [0, 0.1) is 0 Å². The lowest BCUT2D eigenvalue weighted by Crippen LogP contribution is -2.14. The normalized spacial score (nSPS) is 10.5. The summed E-state index contributed by atoms with van der Waals surface area (Å²) in [5.74, 6) is 0.422. The molecule has 3 rings (SSSR count). The first kappa shape index (κ1) is 17.5. The first-order valence-electron chi connectivity index (χ1n) is 8.54. The van der Waals surface area contributed by atoms with Crippen molar-refractivity contribution in [2.75, 3.05) is 5.32 Å². The van der Waals surface area contributed by atoms with Crippen LogP contribution in [0.25, 0.3) is 5.82 Å². The highest BCUT2D eigenvalue weighted by Crippen LogP contribution is 2.12. The molecule has 2 aromatic heterocycles. The van der Waals surface area contributed by atoms with Crippen molar-refractivity contribution >= 4 is 17.4 Å². The van der Waals surface area contributed by atoms with E-state index in [2.05, 4.69) is 22.3 Å². The number of anilines is 1. The van der Waals surface area contributed by atoms with Gasteiger partial charge in [-0.05, 0) is 30.2 Å². The topological polar surface area (TPSA) is 76.9 Å². The van der Waals surface area contributed by atoms with Crippen LogP contribution in [-0.2, 0) is 11.2 Å². The minimum atomic E-state index is -0.211. The summed E-state index contributed by atoms with van der Waals surface area (Å²) in [4.78, 5) is 28.5. The summed E-state index contributed by atoms with van der Waals surface area (Å²) in [6.07, 6.45) is 6.28. The maximum absolute atomic E-state index is 12.2. The zero-order valence-corrected chi connectivity index (χ0v) is 14.6. The van der Waals surface area contributed by atoms with E-state index in [-0.39, 0.29) is 24.5 Å². The number of pyridine rings is 1. The molecule has 1 aromatic carbocycles. The Morgan fingerprint density at radius 2 is 1.88 bits per heavy atom. The third-order valence-corrected chi connectivity index (χ3v) is 4.03. The molecule has 3 aromatic rings. The van der Waals surface area contributed by atoms with E-state index in [1.165, 1.54) is 5.56 Å². The minimum absolute atomic E-state index is 0.0324. The summed E-state index contributed by atoms with van der Waals surface area (Å²) in [5, 5.41) is 6.85. The average molecular weight is 348 g/mol. The number of nitrogens with one attached hydrogen (secondary N) is 1. The second-order valence-corrected chi connectivity index (χ2v) is 5.88. The van der Waals surface area contributed by atoms with E-state index in [1.807, 2.05) is 30.3 Å². The Hall–Kier alpha value is -3.28. The monoisotopic (exact) mass is 348 g/mol. The van der Waals surface area contributed by atoms with Crippen molar-refractivity contribution in [3.8, 4) is 5.82 Å². The number of hydrogen-bond acceptors (Lipinski definition) is 4. The largest absolute Gasteiger partial charge is 0.325 e.